The molecule has 1 saturated carbocycles. The van der Waals surface area contributed by atoms with E-state index in [0.717, 1.165) is 44.4 Å². The van der Waals surface area contributed by atoms with Crippen molar-refractivity contribution in [2.24, 2.45) is 0 Å². The summed E-state index contributed by atoms with van der Waals surface area (Å²) >= 11 is 0. The van der Waals surface area contributed by atoms with E-state index in [0.29, 0.717) is 18.4 Å². The minimum atomic E-state index is -0.404. The molecule has 104 valence electrons. The van der Waals surface area contributed by atoms with Gasteiger partial charge in [0.1, 0.15) is 6.10 Å². The molecular weight excluding hydrogens is 246 g/mol. The second-order valence-corrected chi connectivity index (χ2v) is 5.12. The van der Waals surface area contributed by atoms with Crippen LogP contribution < -0.4 is 0 Å². The summed E-state index contributed by atoms with van der Waals surface area (Å²) in [7, 11) is 0. The number of rotatable bonds is 4. The first-order valence-corrected chi connectivity index (χ1v) is 7.09. The molecule has 0 spiro atoms. The SMILES string of the molecule is CCOC(=O)c1oc(C2CCCCO2)nc1C1CC1. The van der Waals surface area contributed by atoms with Crippen molar-refractivity contribution in [3.63, 3.8) is 0 Å². The van der Waals surface area contributed by atoms with Gasteiger partial charge >= 0.3 is 5.97 Å². The molecule has 1 aliphatic heterocycles. The van der Waals surface area contributed by atoms with Gasteiger partial charge in [0.25, 0.3) is 0 Å². The van der Waals surface area contributed by atoms with Gasteiger partial charge in [-0.15, -0.1) is 0 Å². The van der Waals surface area contributed by atoms with Crippen LogP contribution in [0.4, 0.5) is 0 Å². The average Bonchev–Trinajstić information content (AvgIpc) is 3.19. The number of hydrogen-bond donors (Lipinski definition) is 0. The molecule has 3 rings (SSSR count). The quantitative estimate of drug-likeness (QED) is 0.783. The van der Waals surface area contributed by atoms with Crippen molar-refractivity contribution in [2.75, 3.05) is 13.2 Å². The second-order valence-electron chi connectivity index (χ2n) is 5.12. The maximum atomic E-state index is 11.9. The van der Waals surface area contributed by atoms with E-state index in [4.69, 9.17) is 13.9 Å². The highest BCUT2D eigenvalue weighted by atomic mass is 16.5. The Labute approximate surface area is 112 Å². The summed E-state index contributed by atoms with van der Waals surface area (Å²) in [4.78, 5) is 16.4. The van der Waals surface area contributed by atoms with Crippen LogP contribution in [-0.2, 0) is 9.47 Å². The fourth-order valence-electron chi connectivity index (χ4n) is 2.40. The van der Waals surface area contributed by atoms with E-state index in [-0.39, 0.29) is 11.9 Å². The van der Waals surface area contributed by atoms with Crippen LogP contribution in [0.1, 0.15) is 73.2 Å². The average molecular weight is 265 g/mol. The molecule has 0 bridgehead atoms. The van der Waals surface area contributed by atoms with Crippen LogP contribution in [0.3, 0.4) is 0 Å². The fraction of sp³-hybridized carbons (Fsp3) is 0.714. The van der Waals surface area contributed by atoms with Crippen molar-refractivity contribution >= 4 is 5.97 Å². The Bertz CT molecular complexity index is 458. The number of hydrogen-bond acceptors (Lipinski definition) is 5. The molecule has 5 heteroatoms. The van der Waals surface area contributed by atoms with Crippen LogP contribution in [-0.4, -0.2) is 24.2 Å². The maximum Gasteiger partial charge on any atom is 0.376 e. The maximum absolute atomic E-state index is 11.9. The van der Waals surface area contributed by atoms with Crippen LogP contribution in [0, 0.1) is 0 Å². The monoisotopic (exact) mass is 265 g/mol. The third kappa shape index (κ3) is 2.66. The van der Waals surface area contributed by atoms with Gasteiger partial charge in [0.05, 0.1) is 12.3 Å². The zero-order chi connectivity index (χ0) is 13.2. The molecule has 1 aliphatic carbocycles. The minimum Gasteiger partial charge on any atom is -0.460 e. The lowest BCUT2D eigenvalue weighted by Gasteiger charge is -2.19. The van der Waals surface area contributed by atoms with E-state index in [9.17, 15) is 4.79 Å². The van der Waals surface area contributed by atoms with Gasteiger partial charge in [0.15, 0.2) is 0 Å². The van der Waals surface area contributed by atoms with Crippen molar-refractivity contribution in [2.45, 2.75) is 51.0 Å². The summed E-state index contributed by atoms with van der Waals surface area (Å²) in [5, 5.41) is 0. The van der Waals surface area contributed by atoms with Gasteiger partial charge in [0, 0.05) is 12.5 Å². The largest absolute Gasteiger partial charge is 0.460 e. The summed E-state index contributed by atoms with van der Waals surface area (Å²) < 4.78 is 16.4. The summed E-state index contributed by atoms with van der Waals surface area (Å²) in [6, 6.07) is 0. The van der Waals surface area contributed by atoms with E-state index in [1.54, 1.807) is 6.92 Å². The highest BCUT2D eigenvalue weighted by Crippen LogP contribution is 2.42. The molecule has 1 aromatic heterocycles. The van der Waals surface area contributed by atoms with Crippen LogP contribution in [0.5, 0.6) is 0 Å². The van der Waals surface area contributed by atoms with Gasteiger partial charge in [0.2, 0.25) is 11.7 Å². The molecule has 0 N–H and O–H groups in total. The highest BCUT2D eigenvalue weighted by Gasteiger charge is 2.35. The van der Waals surface area contributed by atoms with Gasteiger partial charge in [-0.25, -0.2) is 9.78 Å². The predicted octanol–water partition coefficient (Wildman–Crippen LogP) is 2.97. The lowest BCUT2D eigenvalue weighted by molar-refractivity contribution is -0.00262. The molecule has 1 unspecified atom stereocenters. The molecule has 1 saturated heterocycles. The number of oxazole rings is 1. The Kier molecular flexibility index (Phi) is 3.55. The van der Waals surface area contributed by atoms with Crippen LogP contribution in [0.15, 0.2) is 4.42 Å². The molecule has 19 heavy (non-hydrogen) atoms. The molecule has 5 nitrogen and oxygen atoms in total. The van der Waals surface area contributed by atoms with E-state index >= 15 is 0 Å². The first-order chi connectivity index (χ1) is 9.29. The van der Waals surface area contributed by atoms with Crippen molar-refractivity contribution in [1.82, 2.24) is 4.98 Å². The summed E-state index contributed by atoms with van der Waals surface area (Å²) in [6.07, 6.45) is 5.15. The smallest absolute Gasteiger partial charge is 0.376 e. The lowest BCUT2D eigenvalue weighted by atomic mass is 10.1. The molecule has 2 heterocycles. The first-order valence-electron chi connectivity index (χ1n) is 7.09. The molecule has 2 fully saturated rings. The van der Waals surface area contributed by atoms with Crippen molar-refractivity contribution in [1.29, 1.82) is 0 Å². The topological polar surface area (TPSA) is 61.6 Å². The fourth-order valence-corrected chi connectivity index (χ4v) is 2.40. The second kappa shape index (κ2) is 5.33. The molecule has 2 aliphatic rings. The Balaban J connectivity index is 1.85. The number of nitrogens with zero attached hydrogens (tertiary/aromatic N) is 1. The molecular formula is C14H19NO4. The normalized spacial score (nSPS) is 23.3. The predicted molar refractivity (Wildman–Crippen MR) is 67.0 cm³/mol. The third-order valence-electron chi connectivity index (χ3n) is 3.55. The zero-order valence-corrected chi connectivity index (χ0v) is 11.2. The molecule has 0 radical (unpaired) electrons. The van der Waals surface area contributed by atoms with Crippen LogP contribution >= 0.6 is 0 Å². The number of esters is 1. The Morgan fingerprint density at radius 2 is 2.21 bits per heavy atom. The Hall–Kier alpha value is -1.36. The molecule has 0 aromatic carbocycles. The standard InChI is InChI=1S/C14H19NO4/c1-2-17-14(16)12-11(9-6-7-9)15-13(19-12)10-5-3-4-8-18-10/h9-10H,2-8H2,1H3. The van der Waals surface area contributed by atoms with Gasteiger partial charge in [-0.1, -0.05) is 0 Å². The van der Waals surface area contributed by atoms with Crippen molar-refractivity contribution < 1.29 is 18.7 Å². The molecule has 1 aromatic rings. The number of ether oxygens (including phenoxy) is 2. The number of carbonyl (C=O) groups is 1. The van der Waals surface area contributed by atoms with E-state index < -0.39 is 5.97 Å². The third-order valence-corrected chi connectivity index (χ3v) is 3.55. The van der Waals surface area contributed by atoms with Gasteiger partial charge in [-0.2, -0.15) is 0 Å². The van der Waals surface area contributed by atoms with Crippen molar-refractivity contribution in [3.8, 4) is 0 Å². The molecule has 1 atom stereocenters. The van der Waals surface area contributed by atoms with Crippen molar-refractivity contribution in [3.05, 3.63) is 17.3 Å². The zero-order valence-electron chi connectivity index (χ0n) is 11.2. The highest BCUT2D eigenvalue weighted by molar-refractivity contribution is 5.87. The van der Waals surface area contributed by atoms with Gasteiger partial charge in [-0.05, 0) is 39.0 Å². The van der Waals surface area contributed by atoms with Crippen LogP contribution in [0.25, 0.3) is 0 Å². The molecule has 0 amide bonds. The minimum absolute atomic E-state index is 0.102. The van der Waals surface area contributed by atoms with Gasteiger partial charge < -0.3 is 13.9 Å². The Morgan fingerprint density at radius 3 is 2.84 bits per heavy atom. The summed E-state index contributed by atoms with van der Waals surface area (Å²) in [6.45, 7) is 2.87. The van der Waals surface area contributed by atoms with Crippen LogP contribution in [0.2, 0.25) is 0 Å². The Morgan fingerprint density at radius 1 is 1.37 bits per heavy atom. The number of aromatic nitrogens is 1. The van der Waals surface area contributed by atoms with E-state index in [2.05, 4.69) is 4.98 Å². The first kappa shape index (κ1) is 12.7. The summed E-state index contributed by atoms with van der Waals surface area (Å²) in [5.74, 6) is 0.789. The van der Waals surface area contributed by atoms with E-state index in [1.807, 2.05) is 0 Å². The van der Waals surface area contributed by atoms with Gasteiger partial charge in [-0.3, -0.25) is 0 Å². The van der Waals surface area contributed by atoms with E-state index in [1.165, 1.54) is 0 Å². The summed E-state index contributed by atoms with van der Waals surface area (Å²) in [5.41, 5.74) is 0.766. The number of carbonyl (C=O) groups excluding carboxylic acids is 1. The lowest BCUT2D eigenvalue weighted by Crippen LogP contribution is -2.11.